The molecule has 1 aromatic heterocycles. The number of fused-ring (bicyclic) bond motifs is 3. The highest BCUT2D eigenvalue weighted by Crippen LogP contribution is 2.35. The van der Waals surface area contributed by atoms with Crippen LogP contribution in [0.25, 0.3) is 55.3 Å². The molecule has 0 unspecified atom stereocenters. The van der Waals surface area contributed by atoms with Crippen LogP contribution in [-0.2, 0) is 0 Å². The zero-order valence-electron chi connectivity index (χ0n) is 18.4. The maximum Gasteiger partial charge on any atom is 0.0979 e. The number of hydrogen-bond donors (Lipinski definition) is 0. The predicted molar refractivity (Wildman–Crippen MR) is 138 cm³/mol. The van der Waals surface area contributed by atoms with Gasteiger partial charge in [-0.05, 0) is 35.1 Å². The van der Waals surface area contributed by atoms with Crippen LogP contribution in [-0.4, -0.2) is 9.97 Å². The average Bonchev–Trinajstić information content (AvgIpc) is 2.89. The Morgan fingerprint density at radius 2 is 1.06 bits per heavy atom. The van der Waals surface area contributed by atoms with Crippen LogP contribution in [0.1, 0.15) is 5.69 Å². The van der Waals surface area contributed by atoms with Crippen LogP contribution >= 0.6 is 0 Å². The van der Waals surface area contributed by atoms with Gasteiger partial charge in [0.1, 0.15) is 0 Å². The minimum absolute atomic E-state index is 0.935. The second-order valence-corrected chi connectivity index (χ2v) is 8.31. The molecule has 0 saturated carbocycles. The van der Waals surface area contributed by atoms with Crippen LogP contribution in [0.5, 0.6) is 0 Å². The van der Waals surface area contributed by atoms with Gasteiger partial charge >= 0.3 is 0 Å². The first-order chi connectivity index (χ1) is 16.3. The third kappa shape index (κ3) is 3.46. The van der Waals surface area contributed by atoms with E-state index in [1.807, 2.05) is 31.2 Å². The fraction of sp³-hybridized carbons (Fsp3) is 0.0323. The van der Waals surface area contributed by atoms with Crippen LogP contribution in [0.15, 0.2) is 115 Å². The molecule has 0 bridgehead atoms. The molecule has 156 valence electrons. The maximum atomic E-state index is 5.16. The summed E-state index contributed by atoms with van der Waals surface area (Å²) in [7, 11) is 0. The van der Waals surface area contributed by atoms with E-state index in [-0.39, 0.29) is 0 Å². The Bertz CT molecular complexity index is 1590. The van der Waals surface area contributed by atoms with Gasteiger partial charge in [-0.2, -0.15) is 0 Å². The van der Waals surface area contributed by atoms with Crippen LogP contribution < -0.4 is 0 Å². The molecule has 0 amide bonds. The monoisotopic (exact) mass is 422 g/mol. The quantitative estimate of drug-likeness (QED) is 0.269. The number of benzene rings is 5. The van der Waals surface area contributed by atoms with Crippen molar-refractivity contribution in [2.75, 3.05) is 0 Å². The first-order valence-electron chi connectivity index (χ1n) is 11.2. The average molecular weight is 423 g/mol. The van der Waals surface area contributed by atoms with Gasteiger partial charge in [0.2, 0.25) is 0 Å². The number of hydrogen-bond acceptors (Lipinski definition) is 2. The molecule has 33 heavy (non-hydrogen) atoms. The second kappa shape index (κ2) is 7.99. The molecule has 6 aromatic rings. The lowest BCUT2D eigenvalue weighted by Gasteiger charge is -2.13. The lowest BCUT2D eigenvalue weighted by molar-refractivity contribution is 1.19. The standard InChI is InChI=1S/C31H22N2/c1-21-29(25-12-6-3-7-13-25)33-30-27-15-9-8-14-26(27)20-28(31(30)32-21)24-18-16-23(17-19-24)22-10-4-2-5-11-22/h2-20H,1H3. The molecule has 0 atom stereocenters. The molecular formula is C31H22N2. The van der Waals surface area contributed by atoms with Crippen molar-refractivity contribution in [3.05, 3.63) is 121 Å². The lowest BCUT2D eigenvalue weighted by atomic mass is 9.96. The normalized spacial score (nSPS) is 11.2. The van der Waals surface area contributed by atoms with Gasteiger partial charge in [0.15, 0.2) is 0 Å². The van der Waals surface area contributed by atoms with Gasteiger partial charge in [0.05, 0.1) is 22.4 Å². The van der Waals surface area contributed by atoms with Gasteiger partial charge < -0.3 is 0 Å². The molecule has 5 aromatic carbocycles. The number of nitrogens with zero attached hydrogens (tertiary/aromatic N) is 2. The van der Waals surface area contributed by atoms with E-state index in [0.29, 0.717) is 0 Å². The zero-order chi connectivity index (χ0) is 22.2. The largest absolute Gasteiger partial charge is 0.249 e. The predicted octanol–water partition coefficient (Wildman–Crippen LogP) is 8.09. The van der Waals surface area contributed by atoms with Crippen molar-refractivity contribution >= 4 is 21.8 Å². The SMILES string of the molecule is Cc1nc2c(-c3ccc(-c4ccccc4)cc3)cc3ccccc3c2nc1-c1ccccc1. The molecule has 1 heterocycles. The molecule has 0 radical (unpaired) electrons. The van der Waals surface area contributed by atoms with Crippen LogP contribution in [0.2, 0.25) is 0 Å². The van der Waals surface area contributed by atoms with Crippen molar-refractivity contribution in [2.45, 2.75) is 6.92 Å². The summed E-state index contributed by atoms with van der Waals surface area (Å²) in [5.41, 5.74) is 9.53. The van der Waals surface area contributed by atoms with Crippen LogP contribution in [0.4, 0.5) is 0 Å². The van der Waals surface area contributed by atoms with E-state index in [1.54, 1.807) is 0 Å². The zero-order valence-corrected chi connectivity index (χ0v) is 18.4. The summed E-state index contributed by atoms with van der Waals surface area (Å²) in [6.07, 6.45) is 0. The Hall–Kier alpha value is -4.30. The smallest absolute Gasteiger partial charge is 0.0979 e. The molecular weight excluding hydrogens is 400 g/mol. The number of rotatable bonds is 3. The van der Waals surface area contributed by atoms with Crippen molar-refractivity contribution in [3.63, 3.8) is 0 Å². The van der Waals surface area contributed by atoms with Crippen LogP contribution in [0, 0.1) is 6.92 Å². The third-order valence-corrected chi connectivity index (χ3v) is 6.19. The van der Waals surface area contributed by atoms with E-state index in [0.717, 1.165) is 44.5 Å². The summed E-state index contributed by atoms with van der Waals surface area (Å²) in [6.45, 7) is 2.05. The Morgan fingerprint density at radius 1 is 0.485 bits per heavy atom. The third-order valence-electron chi connectivity index (χ3n) is 6.19. The minimum atomic E-state index is 0.935. The van der Waals surface area contributed by atoms with Crippen molar-refractivity contribution in [1.82, 2.24) is 9.97 Å². The van der Waals surface area contributed by atoms with Crippen molar-refractivity contribution < 1.29 is 0 Å². The summed E-state index contributed by atoms with van der Waals surface area (Å²) in [5, 5.41) is 2.30. The molecule has 0 aliphatic rings. The van der Waals surface area contributed by atoms with E-state index < -0.39 is 0 Å². The summed E-state index contributed by atoms with van der Waals surface area (Å²) < 4.78 is 0. The fourth-order valence-corrected chi connectivity index (χ4v) is 4.52. The molecule has 0 spiro atoms. The van der Waals surface area contributed by atoms with Gasteiger partial charge in [-0.25, -0.2) is 9.97 Å². The van der Waals surface area contributed by atoms with Gasteiger partial charge in [-0.1, -0.05) is 109 Å². The van der Waals surface area contributed by atoms with E-state index >= 15 is 0 Å². The van der Waals surface area contributed by atoms with Crippen molar-refractivity contribution in [3.8, 4) is 33.5 Å². The topological polar surface area (TPSA) is 25.8 Å². The minimum Gasteiger partial charge on any atom is -0.249 e. The molecule has 2 heteroatoms. The maximum absolute atomic E-state index is 5.16. The Balaban J connectivity index is 1.58. The van der Waals surface area contributed by atoms with Gasteiger partial charge in [0, 0.05) is 16.5 Å². The fourth-order valence-electron chi connectivity index (χ4n) is 4.52. The number of aromatic nitrogens is 2. The van der Waals surface area contributed by atoms with E-state index in [2.05, 4.69) is 91.0 Å². The highest BCUT2D eigenvalue weighted by molar-refractivity contribution is 6.10. The van der Waals surface area contributed by atoms with E-state index in [1.165, 1.54) is 16.5 Å². The molecule has 0 N–H and O–H groups in total. The summed E-state index contributed by atoms with van der Waals surface area (Å²) >= 11 is 0. The number of aryl methyl sites for hydroxylation is 1. The summed E-state index contributed by atoms with van der Waals surface area (Å²) in [4.78, 5) is 10.3. The van der Waals surface area contributed by atoms with Crippen molar-refractivity contribution in [2.24, 2.45) is 0 Å². The van der Waals surface area contributed by atoms with Crippen LogP contribution in [0.3, 0.4) is 0 Å². The van der Waals surface area contributed by atoms with Gasteiger partial charge in [-0.3, -0.25) is 0 Å². The lowest BCUT2D eigenvalue weighted by Crippen LogP contribution is -1.97. The highest BCUT2D eigenvalue weighted by Gasteiger charge is 2.15. The molecule has 2 nitrogen and oxygen atoms in total. The molecule has 0 saturated heterocycles. The first kappa shape index (κ1) is 19.4. The summed E-state index contributed by atoms with van der Waals surface area (Å²) in [5.74, 6) is 0. The van der Waals surface area contributed by atoms with E-state index in [9.17, 15) is 0 Å². The van der Waals surface area contributed by atoms with Crippen molar-refractivity contribution in [1.29, 1.82) is 0 Å². The summed E-state index contributed by atoms with van der Waals surface area (Å²) in [6, 6.07) is 40.2. The second-order valence-electron chi connectivity index (χ2n) is 8.31. The molecule has 0 fully saturated rings. The highest BCUT2D eigenvalue weighted by atomic mass is 14.8. The molecule has 0 aliphatic carbocycles. The molecule has 0 aliphatic heterocycles. The van der Waals surface area contributed by atoms with Gasteiger partial charge in [-0.15, -0.1) is 0 Å². The Morgan fingerprint density at radius 3 is 1.79 bits per heavy atom. The first-order valence-corrected chi connectivity index (χ1v) is 11.2. The molecule has 6 rings (SSSR count). The Kier molecular flexibility index (Phi) is 4.70. The van der Waals surface area contributed by atoms with Gasteiger partial charge in [0.25, 0.3) is 0 Å². The Labute approximate surface area is 193 Å². The van der Waals surface area contributed by atoms with E-state index in [4.69, 9.17) is 9.97 Å².